The maximum absolute atomic E-state index is 12.8. The molecule has 8 heteroatoms. The van der Waals surface area contributed by atoms with Gasteiger partial charge >= 0.3 is 6.18 Å². The van der Waals surface area contributed by atoms with Gasteiger partial charge in [0.1, 0.15) is 0 Å². The third-order valence-electron chi connectivity index (χ3n) is 2.61. The molecule has 20 heavy (non-hydrogen) atoms. The molecule has 1 heterocycles. The zero-order chi connectivity index (χ0) is 14.8. The summed E-state index contributed by atoms with van der Waals surface area (Å²) in [6.07, 6.45) is -1.92. The number of hydrogen-bond acceptors (Lipinski definition) is 2. The quantitative estimate of drug-likeness (QED) is 0.915. The number of halogens is 4. The van der Waals surface area contributed by atoms with Crippen LogP contribution in [0.25, 0.3) is 0 Å². The molecule has 2 aromatic rings. The van der Waals surface area contributed by atoms with Crippen molar-refractivity contribution in [3.8, 4) is 0 Å². The number of benzene rings is 1. The number of carbonyl (C=O) groups excluding carboxylic acids is 1. The molecule has 2 N–H and O–H groups in total. The normalized spacial score (nSPS) is 11.4. The minimum atomic E-state index is -4.53. The molecule has 0 atom stereocenters. The van der Waals surface area contributed by atoms with Gasteiger partial charge in [-0.05, 0) is 12.1 Å². The first-order valence-electron chi connectivity index (χ1n) is 5.51. The molecular formula is C12H9ClF3N3O. The van der Waals surface area contributed by atoms with Crippen molar-refractivity contribution < 1.29 is 18.0 Å². The minimum absolute atomic E-state index is 0.0488. The Balaban J connectivity index is 2.19. The van der Waals surface area contributed by atoms with E-state index >= 15 is 0 Å². The third kappa shape index (κ3) is 3.11. The summed E-state index contributed by atoms with van der Waals surface area (Å²) in [5.74, 6) is -0.535. The number of hydrogen-bond donors (Lipinski definition) is 2. The van der Waals surface area contributed by atoms with Gasteiger partial charge in [-0.1, -0.05) is 17.7 Å². The van der Waals surface area contributed by atoms with Crippen LogP contribution in [-0.2, 0) is 12.7 Å². The van der Waals surface area contributed by atoms with Gasteiger partial charge in [0, 0.05) is 23.3 Å². The van der Waals surface area contributed by atoms with Crippen LogP contribution in [0.1, 0.15) is 21.5 Å². The lowest BCUT2D eigenvalue weighted by Gasteiger charge is -2.14. The molecular weight excluding hydrogens is 295 g/mol. The molecule has 1 amide bonds. The minimum Gasteiger partial charge on any atom is -0.348 e. The van der Waals surface area contributed by atoms with Crippen LogP contribution >= 0.6 is 11.6 Å². The summed E-state index contributed by atoms with van der Waals surface area (Å²) < 4.78 is 38.5. The standard InChI is InChI=1S/C12H9ClF3N3O/c13-10-3-1-2-9(12(14,15)16)8(10)6-17-11(20)7-4-18-19-5-7/h1-5H,6H2,(H,17,20)(H,18,19). The fraction of sp³-hybridized carbons (Fsp3) is 0.167. The second-order valence-electron chi connectivity index (χ2n) is 3.93. The Morgan fingerprint density at radius 1 is 1.40 bits per heavy atom. The number of rotatable bonds is 3. The van der Waals surface area contributed by atoms with E-state index in [0.717, 1.165) is 6.07 Å². The highest BCUT2D eigenvalue weighted by molar-refractivity contribution is 6.31. The monoisotopic (exact) mass is 303 g/mol. The molecule has 2 rings (SSSR count). The largest absolute Gasteiger partial charge is 0.416 e. The van der Waals surface area contributed by atoms with Crippen molar-refractivity contribution in [2.75, 3.05) is 0 Å². The van der Waals surface area contributed by atoms with E-state index in [0.29, 0.717) is 0 Å². The van der Waals surface area contributed by atoms with Crippen molar-refractivity contribution in [1.29, 1.82) is 0 Å². The Bertz CT molecular complexity index is 611. The van der Waals surface area contributed by atoms with Crippen molar-refractivity contribution in [2.45, 2.75) is 12.7 Å². The van der Waals surface area contributed by atoms with E-state index in [2.05, 4.69) is 15.5 Å². The number of nitrogens with one attached hydrogen (secondary N) is 2. The number of aromatic nitrogens is 2. The van der Waals surface area contributed by atoms with Crippen LogP contribution in [0.2, 0.25) is 5.02 Å². The molecule has 0 unspecified atom stereocenters. The Labute approximate surface area is 116 Å². The summed E-state index contributed by atoms with van der Waals surface area (Å²) in [6.45, 7) is -0.321. The van der Waals surface area contributed by atoms with Crippen LogP contribution in [0.4, 0.5) is 13.2 Å². The molecule has 0 fully saturated rings. The zero-order valence-corrected chi connectivity index (χ0v) is 10.7. The molecule has 0 aliphatic heterocycles. The van der Waals surface area contributed by atoms with Crippen molar-refractivity contribution in [3.05, 3.63) is 52.3 Å². The van der Waals surface area contributed by atoms with Crippen LogP contribution in [0.3, 0.4) is 0 Å². The molecule has 0 aliphatic rings. The number of H-pyrrole nitrogens is 1. The van der Waals surface area contributed by atoms with Crippen molar-refractivity contribution in [3.63, 3.8) is 0 Å². The zero-order valence-electron chi connectivity index (χ0n) is 9.96. The number of alkyl halides is 3. The lowest BCUT2D eigenvalue weighted by Crippen LogP contribution is -2.24. The maximum atomic E-state index is 12.8. The molecule has 106 valence electrons. The second kappa shape index (κ2) is 5.54. The number of carbonyl (C=O) groups is 1. The summed E-state index contributed by atoms with van der Waals surface area (Å²) in [5, 5.41) is 8.34. The molecule has 1 aromatic heterocycles. The van der Waals surface area contributed by atoms with Crippen LogP contribution in [0.5, 0.6) is 0 Å². The lowest BCUT2D eigenvalue weighted by atomic mass is 10.1. The van der Waals surface area contributed by atoms with Gasteiger partial charge in [0.25, 0.3) is 5.91 Å². The Morgan fingerprint density at radius 3 is 2.75 bits per heavy atom. The van der Waals surface area contributed by atoms with E-state index in [9.17, 15) is 18.0 Å². The van der Waals surface area contributed by atoms with Crippen molar-refractivity contribution >= 4 is 17.5 Å². The highest BCUT2D eigenvalue weighted by atomic mass is 35.5. The van der Waals surface area contributed by atoms with Crippen molar-refractivity contribution in [2.24, 2.45) is 0 Å². The molecule has 1 aromatic carbocycles. The molecule has 4 nitrogen and oxygen atoms in total. The van der Waals surface area contributed by atoms with Gasteiger partial charge in [-0.2, -0.15) is 18.3 Å². The smallest absolute Gasteiger partial charge is 0.348 e. The molecule has 0 saturated carbocycles. The van der Waals surface area contributed by atoms with Crippen molar-refractivity contribution in [1.82, 2.24) is 15.5 Å². The summed E-state index contributed by atoms with van der Waals surface area (Å²) in [6, 6.07) is 3.48. The molecule has 0 bridgehead atoms. The average molecular weight is 304 g/mol. The number of aromatic amines is 1. The first-order chi connectivity index (χ1) is 9.39. The average Bonchev–Trinajstić information content (AvgIpc) is 2.89. The summed E-state index contributed by atoms with van der Waals surface area (Å²) in [5.41, 5.74) is -0.804. The summed E-state index contributed by atoms with van der Waals surface area (Å²) in [7, 11) is 0. The molecule has 0 saturated heterocycles. The van der Waals surface area contributed by atoms with Crippen LogP contribution in [0.15, 0.2) is 30.6 Å². The highest BCUT2D eigenvalue weighted by Crippen LogP contribution is 2.34. The van der Waals surface area contributed by atoms with Crippen LogP contribution in [0, 0.1) is 0 Å². The van der Waals surface area contributed by atoms with E-state index in [4.69, 9.17) is 11.6 Å². The fourth-order valence-electron chi connectivity index (χ4n) is 1.65. The van der Waals surface area contributed by atoms with E-state index in [1.54, 1.807) is 0 Å². The number of nitrogens with zero attached hydrogens (tertiary/aromatic N) is 1. The molecule has 0 aliphatic carbocycles. The van der Waals surface area contributed by atoms with E-state index in [1.165, 1.54) is 24.5 Å². The van der Waals surface area contributed by atoms with Crippen LogP contribution < -0.4 is 5.32 Å². The van der Waals surface area contributed by atoms with E-state index < -0.39 is 17.6 Å². The predicted octanol–water partition coefficient (Wildman–Crippen LogP) is 3.01. The van der Waals surface area contributed by atoms with Gasteiger partial charge in [0.05, 0.1) is 17.3 Å². The Morgan fingerprint density at radius 2 is 2.15 bits per heavy atom. The van der Waals surface area contributed by atoms with Crippen LogP contribution in [-0.4, -0.2) is 16.1 Å². The Kier molecular flexibility index (Phi) is 3.99. The lowest BCUT2D eigenvalue weighted by molar-refractivity contribution is -0.138. The Hall–Kier alpha value is -2.02. The fourth-order valence-corrected chi connectivity index (χ4v) is 1.89. The van der Waals surface area contributed by atoms with E-state index in [-0.39, 0.29) is 22.7 Å². The molecule has 0 radical (unpaired) electrons. The van der Waals surface area contributed by atoms with E-state index in [1.807, 2.05) is 0 Å². The SMILES string of the molecule is O=C(NCc1c(Cl)cccc1C(F)(F)F)c1cn[nH]c1. The van der Waals surface area contributed by atoms with Gasteiger partial charge in [0.2, 0.25) is 0 Å². The van der Waals surface area contributed by atoms with Gasteiger partial charge in [-0.25, -0.2) is 0 Å². The van der Waals surface area contributed by atoms with Gasteiger partial charge in [-0.15, -0.1) is 0 Å². The maximum Gasteiger partial charge on any atom is 0.416 e. The topological polar surface area (TPSA) is 57.8 Å². The predicted molar refractivity (Wildman–Crippen MR) is 66.2 cm³/mol. The highest BCUT2D eigenvalue weighted by Gasteiger charge is 2.34. The summed E-state index contributed by atoms with van der Waals surface area (Å²) in [4.78, 5) is 11.7. The van der Waals surface area contributed by atoms with Gasteiger partial charge < -0.3 is 5.32 Å². The van der Waals surface area contributed by atoms with Gasteiger partial charge in [0.15, 0.2) is 0 Å². The first-order valence-corrected chi connectivity index (χ1v) is 5.89. The summed E-state index contributed by atoms with van der Waals surface area (Å²) >= 11 is 5.77. The molecule has 0 spiro atoms. The third-order valence-corrected chi connectivity index (χ3v) is 2.96. The first kappa shape index (κ1) is 14.4. The van der Waals surface area contributed by atoms with Gasteiger partial charge in [-0.3, -0.25) is 9.89 Å². The second-order valence-corrected chi connectivity index (χ2v) is 4.34. The number of amides is 1.